The van der Waals surface area contributed by atoms with Crippen LogP contribution < -0.4 is 10.6 Å². The number of carbonyl (C=O) groups excluding carboxylic acids is 2. The Kier molecular flexibility index (Phi) is 5.96. The van der Waals surface area contributed by atoms with Gasteiger partial charge < -0.3 is 15.4 Å². The van der Waals surface area contributed by atoms with Crippen LogP contribution in [0, 0.1) is 0 Å². The molecule has 0 amide bonds. The molecule has 1 aromatic heterocycles. The zero-order valence-corrected chi connectivity index (χ0v) is 15.6. The third-order valence-corrected chi connectivity index (χ3v) is 3.85. The Bertz CT molecular complexity index is 987. The average Bonchev–Trinajstić information content (AvgIpc) is 2.69. The molecule has 0 aliphatic rings. The van der Waals surface area contributed by atoms with E-state index >= 15 is 0 Å². The van der Waals surface area contributed by atoms with Crippen molar-refractivity contribution >= 4 is 34.9 Å². The van der Waals surface area contributed by atoms with E-state index in [0.29, 0.717) is 29.5 Å². The summed E-state index contributed by atoms with van der Waals surface area (Å²) in [6, 6.07) is 15.8. The van der Waals surface area contributed by atoms with Crippen molar-refractivity contribution in [2.45, 2.75) is 13.8 Å². The molecule has 0 saturated heterocycles. The summed E-state index contributed by atoms with van der Waals surface area (Å²) in [4.78, 5) is 31.8. The van der Waals surface area contributed by atoms with E-state index < -0.39 is 0 Å². The van der Waals surface area contributed by atoms with E-state index in [4.69, 9.17) is 4.74 Å². The van der Waals surface area contributed by atoms with Gasteiger partial charge in [0.05, 0.1) is 12.2 Å². The first-order valence-corrected chi connectivity index (χ1v) is 8.80. The SMILES string of the molecule is CCOC(=O)c1ccc(Nc2nccc(Nc3cccc(C(C)=O)c3)n2)cc1. The Morgan fingerprint density at radius 3 is 2.46 bits per heavy atom. The van der Waals surface area contributed by atoms with Gasteiger partial charge in [0.2, 0.25) is 5.95 Å². The van der Waals surface area contributed by atoms with E-state index in [2.05, 4.69) is 20.6 Å². The molecule has 0 fully saturated rings. The molecular formula is C21H20N4O3. The van der Waals surface area contributed by atoms with Crippen molar-refractivity contribution in [3.05, 3.63) is 71.9 Å². The first-order chi connectivity index (χ1) is 13.5. The van der Waals surface area contributed by atoms with Crippen LogP contribution in [-0.4, -0.2) is 28.3 Å². The molecule has 0 atom stereocenters. The van der Waals surface area contributed by atoms with Crippen LogP contribution in [0.1, 0.15) is 34.6 Å². The minimum atomic E-state index is -0.357. The molecule has 0 radical (unpaired) electrons. The van der Waals surface area contributed by atoms with E-state index in [0.717, 1.165) is 11.4 Å². The molecule has 1 heterocycles. The van der Waals surface area contributed by atoms with Crippen LogP contribution in [0.3, 0.4) is 0 Å². The number of ether oxygens (including phenoxy) is 1. The smallest absolute Gasteiger partial charge is 0.338 e. The lowest BCUT2D eigenvalue weighted by molar-refractivity contribution is 0.0526. The van der Waals surface area contributed by atoms with Gasteiger partial charge in [0.15, 0.2) is 5.78 Å². The number of hydrogen-bond donors (Lipinski definition) is 2. The fourth-order valence-corrected chi connectivity index (χ4v) is 2.49. The molecule has 7 heteroatoms. The maximum Gasteiger partial charge on any atom is 0.338 e. The van der Waals surface area contributed by atoms with E-state index in [1.54, 1.807) is 55.6 Å². The first kappa shape index (κ1) is 19.0. The highest BCUT2D eigenvalue weighted by Crippen LogP contribution is 2.19. The lowest BCUT2D eigenvalue weighted by atomic mass is 10.1. The van der Waals surface area contributed by atoms with Crippen LogP contribution in [0.5, 0.6) is 0 Å². The third-order valence-electron chi connectivity index (χ3n) is 3.85. The highest BCUT2D eigenvalue weighted by Gasteiger charge is 2.07. The molecule has 0 saturated carbocycles. The summed E-state index contributed by atoms with van der Waals surface area (Å²) in [6.07, 6.45) is 1.62. The van der Waals surface area contributed by atoms with Crippen molar-refractivity contribution in [2.24, 2.45) is 0 Å². The summed E-state index contributed by atoms with van der Waals surface area (Å²) in [7, 11) is 0. The average molecular weight is 376 g/mol. The van der Waals surface area contributed by atoms with Crippen LogP contribution in [0.25, 0.3) is 0 Å². The molecule has 28 heavy (non-hydrogen) atoms. The van der Waals surface area contributed by atoms with E-state index in [9.17, 15) is 9.59 Å². The standard InChI is InChI=1S/C21H20N4O3/c1-3-28-20(27)15-7-9-17(10-8-15)24-21-22-12-11-19(25-21)23-18-6-4-5-16(13-18)14(2)26/h4-13H,3H2,1-2H3,(H2,22,23,24,25). The van der Waals surface area contributed by atoms with Gasteiger partial charge in [0.25, 0.3) is 0 Å². The lowest BCUT2D eigenvalue weighted by Crippen LogP contribution is -2.05. The van der Waals surface area contributed by atoms with Gasteiger partial charge in [0.1, 0.15) is 5.82 Å². The number of nitrogens with one attached hydrogen (secondary N) is 2. The van der Waals surface area contributed by atoms with Crippen molar-refractivity contribution in [3.63, 3.8) is 0 Å². The molecule has 3 aromatic rings. The molecule has 2 N–H and O–H groups in total. The monoisotopic (exact) mass is 376 g/mol. The Morgan fingerprint density at radius 2 is 1.75 bits per heavy atom. The minimum Gasteiger partial charge on any atom is -0.462 e. The molecule has 0 bridgehead atoms. The Labute approximate surface area is 162 Å². The van der Waals surface area contributed by atoms with E-state index in [-0.39, 0.29) is 11.8 Å². The number of benzene rings is 2. The number of anilines is 4. The molecule has 3 rings (SSSR count). The normalized spacial score (nSPS) is 10.2. The van der Waals surface area contributed by atoms with Crippen LogP contribution in [0.15, 0.2) is 60.8 Å². The van der Waals surface area contributed by atoms with E-state index in [1.807, 2.05) is 12.1 Å². The van der Waals surface area contributed by atoms with Crippen molar-refractivity contribution in [1.82, 2.24) is 9.97 Å². The summed E-state index contributed by atoms with van der Waals surface area (Å²) in [5.74, 6) is 0.627. The number of hydrogen-bond acceptors (Lipinski definition) is 7. The van der Waals surface area contributed by atoms with Gasteiger partial charge >= 0.3 is 5.97 Å². The first-order valence-electron chi connectivity index (χ1n) is 8.80. The zero-order chi connectivity index (χ0) is 19.9. The van der Waals surface area contributed by atoms with Gasteiger partial charge in [-0.2, -0.15) is 4.98 Å². The van der Waals surface area contributed by atoms with Crippen LogP contribution >= 0.6 is 0 Å². The Hall–Kier alpha value is -3.74. The van der Waals surface area contributed by atoms with Gasteiger partial charge in [-0.25, -0.2) is 9.78 Å². The summed E-state index contributed by atoms with van der Waals surface area (Å²) >= 11 is 0. The summed E-state index contributed by atoms with van der Waals surface area (Å²) < 4.78 is 4.97. The summed E-state index contributed by atoms with van der Waals surface area (Å²) in [5.41, 5.74) is 2.60. The number of nitrogens with zero attached hydrogens (tertiary/aromatic N) is 2. The molecule has 0 spiro atoms. The second-order valence-corrected chi connectivity index (χ2v) is 5.95. The lowest BCUT2D eigenvalue weighted by Gasteiger charge is -2.09. The highest BCUT2D eigenvalue weighted by atomic mass is 16.5. The molecule has 7 nitrogen and oxygen atoms in total. The quantitative estimate of drug-likeness (QED) is 0.468. The van der Waals surface area contributed by atoms with Gasteiger partial charge in [-0.05, 0) is 56.3 Å². The van der Waals surface area contributed by atoms with Gasteiger partial charge in [-0.1, -0.05) is 12.1 Å². The third kappa shape index (κ3) is 4.91. The second-order valence-electron chi connectivity index (χ2n) is 5.95. The predicted molar refractivity (Wildman–Crippen MR) is 107 cm³/mol. The maximum absolute atomic E-state index is 11.7. The van der Waals surface area contributed by atoms with Crippen LogP contribution in [0.2, 0.25) is 0 Å². The number of rotatable bonds is 7. The number of ketones is 1. The topological polar surface area (TPSA) is 93.2 Å². The molecule has 2 aromatic carbocycles. The van der Waals surface area contributed by atoms with Crippen LogP contribution in [-0.2, 0) is 4.74 Å². The zero-order valence-electron chi connectivity index (χ0n) is 15.6. The molecule has 0 aliphatic carbocycles. The maximum atomic E-state index is 11.7. The molecule has 0 aliphatic heterocycles. The molecule has 0 unspecified atom stereocenters. The van der Waals surface area contributed by atoms with Gasteiger partial charge in [-0.3, -0.25) is 4.79 Å². The van der Waals surface area contributed by atoms with Crippen molar-refractivity contribution < 1.29 is 14.3 Å². The number of carbonyl (C=O) groups is 2. The van der Waals surface area contributed by atoms with Crippen molar-refractivity contribution in [3.8, 4) is 0 Å². The van der Waals surface area contributed by atoms with Crippen molar-refractivity contribution in [2.75, 3.05) is 17.2 Å². The summed E-state index contributed by atoms with van der Waals surface area (Å²) in [5, 5.41) is 6.25. The van der Waals surface area contributed by atoms with Crippen LogP contribution in [0.4, 0.5) is 23.1 Å². The van der Waals surface area contributed by atoms with Crippen molar-refractivity contribution in [1.29, 1.82) is 0 Å². The number of esters is 1. The fraction of sp³-hybridized carbons (Fsp3) is 0.143. The largest absolute Gasteiger partial charge is 0.462 e. The van der Waals surface area contributed by atoms with Gasteiger partial charge in [0, 0.05) is 23.1 Å². The minimum absolute atomic E-state index is 0.0000385. The van der Waals surface area contributed by atoms with E-state index in [1.165, 1.54) is 6.92 Å². The Balaban J connectivity index is 1.70. The molecular weight excluding hydrogens is 356 g/mol. The Morgan fingerprint density at radius 1 is 0.964 bits per heavy atom. The van der Waals surface area contributed by atoms with Gasteiger partial charge in [-0.15, -0.1) is 0 Å². The predicted octanol–water partition coefficient (Wildman–Crippen LogP) is 4.34. The molecule has 142 valence electrons. The summed E-state index contributed by atoms with van der Waals surface area (Å²) in [6.45, 7) is 3.63. The number of Topliss-reactive ketones (excluding diaryl/α,β-unsaturated/α-hetero) is 1. The highest BCUT2D eigenvalue weighted by molar-refractivity contribution is 5.95. The second kappa shape index (κ2) is 8.77. The number of aromatic nitrogens is 2. The fourth-order valence-electron chi connectivity index (χ4n) is 2.49.